The summed E-state index contributed by atoms with van der Waals surface area (Å²) in [5, 5.41) is 11.2. The lowest BCUT2D eigenvalue weighted by Gasteiger charge is -2.53. The average molecular weight is 603 g/mol. The van der Waals surface area contributed by atoms with Gasteiger partial charge in [-0.2, -0.15) is 0 Å². The van der Waals surface area contributed by atoms with Crippen molar-refractivity contribution in [1.82, 2.24) is 0 Å². The van der Waals surface area contributed by atoms with Crippen molar-refractivity contribution in [3.8, 4) is 0 Å². The van der Waals surface area contributed by atoms with Crippen LogP contribution < -0.4 is 5.73 Å². The van der Waals surface area contributed by atoms with Gasteiger partial charge in [-0.1, -0.05) is 173 Å². The van der Waals surface area contributed by atoms with E-state index >= 15 is 0 Å². The molecule has 0 amide bonds. The lowest BCUT2D eigenvalue weighted by atomic mass is 9.54. The molecule has 0 fully saturated rings. The molecule has 0 bridgehead atoms. The molecule has 0 aliphatic heterocycles. The molecular weight excluding hydrogens is 512 g/mol. The van der Waals surface area contributed by atoms with Crippen LogP contribution in [0.4, 0.5) is 0 Å². The SMILES string of the molecule is CC.CC.CC.CC.CC.CCC=NC(CC(C)(C)C(C)(C)C(N)CC(C)(C)C(C)(C)C(O)CC(C)(C)C)C(C)(C)C. The van der Waals surface area contributed by atoms with Crippen LogP contribution in [0.25, 0.3) is 0 Å². The van der Waals surface area contributed by atoms with Crippen LogP contribution in [-0.4, -0.2) is 29.5 Å². The van der Waals surface area contributed by atoms with Crippen molar-refractivity contribution in [3.05, 3.63) is 0 Å². The van der Waals surface area contributed by atoms with Gasteiger partial charge in [0.15, 0.2) is 0 Å². The highest BCUT2D eigenvalue weighted by atomic mass is 16.3. The van der Waals surface area contributed by atoms with E-state index in [0.29, 0.717) is 0 Å². The second kappa shape index (κ2) is 24.9. The number of nitrogens with zero attached hydrogens (tertiary/aromatic N) is 1. The van der Waals surface area contributed by atoms with Gasteiger partial charge in [-0.05, 0) is 64.4 Å². The van der Waals surface area contributed by atoms with E-state index in [1.807, 2.05) is 69.2 Å². The molecule has 262 valence electrons. The smallest absolute Gasteiger partial charge is 0.0601 e. The first kappa shape index (κ1) is 54.1. The van der Waals surface area contributed by atoms with E-state index in [0.717, 1.165) is 25.7 Å². The summed E-state index contributed by atoms with van der Waals surface area (Å²) >= 11 is 0. The first-order chi connectivity index (χ1) is 18.9. The third-order valence-electron chi connectivity index (χ3n) is 8.96. The summed E-state index contributed by atoms with van der Waals surface area (Å²) in [7, 11) is 0. The predicted molar refractivity (Wildman–Crippen MR) is 201 cm³/mol. The summed E-state index contributed by atoms with van der Waals surface area (Å²) < 4.78 is 0. The van der Waals surface area contributed by atoms with Gasteiger partial charge in [0.25, 0.3) is 0 Å². The molecule has 3 nitrogen and oxygen atoms in total. The Morgan fingerprint density at radius 2 is 0.905 bits per heavy atom. The standard InChI is InChI=1S/C29H60N2O.5C2H6/c1-16-17-31-22(25(5,6)7)19-27(10,11)28(12,13)21(30)18-26(8,9)29(14,15)23(32)20-24(2,3)4;5*1-2/h17,21-23,32H,16,18-20,30H2,1-15H3;5*1-2H3. The van der Waals surface area contributed by atoms with Crippen LogP contribution in [0.5, 0.6) is 0 Å². The Hall–Kier alpha value is -0.410. The molecule has 0 radical (unpaired) electrons. The van der Waals surface area contributed by atoms with Crippen LogP contribution in [0, 0.1) is 32.5 Å². The Balaban J connectivity index is -0.000000290. The lowest BCUT2D eigenvalue weighted by molar-refractivity contribution is -0.0713. The topological polar surface area (TPSA) is 58.6 Å². The highest BCUT2D eigenvalue weighted by molar-refractivity contribution is 5.56. The van der Waals surface area contributed by atoms with Crippen LogP contribution >= 0.6 is 0 Å². The molecule has 0 aromatic carbocycles. The Morgan fingerprint density at radius 3 is 1.19 bits per heavy atom. The Bertz CT molecular complexity index is 601. The first-order valence-corrected chi connectivity index (χ1v) is 17.9. The molecule has 0 aliphatic rings. The minimum Gasteiger partial charge on any atom is -0.393 e. The Labute approximate surface area is 271 Å². The summed E-state index contributed by atoms with van der Waals surface area (Å²) in [5.74, 6) is 0. The van der Waals surface area contributed by atoms with Crippen molar-refractivity contribution in [2.45, 2.75) is 217 Å². The van der Waals surface area contributed by atoms with Crippen molar-refractivity contribution in [2.75, 3.05) is 0 Å². The van der Waals surface area contributed by atoms with Gasteiger partial charge in [-0.25, -0.2) is 0 Å². The van der Waals surface area contributed by atoms with Crippen molar-refractivity contribution in [1.29, 1.82) is 0 Å². The van der Waals surface area contributed by atoms with E-state index in [4.69, 9.17) is 10.7 Å². The number of aliphatic hydroxyl groups is 1. The molecule has 0 saturated heterocycles. The number of aliphatic hydroxyl groups excluding tert-OH is 1. The largest absolute Gasteiger partial charge is 0.393 e. The molecule has 3 atom stereocenters. The van der Waals surface area contributed by atoms with Gasteiger partial charge in [-0.15, -0.1) is 0 Å². The van der Waals surface area contributed by atoms with Crippen molar-refractivity contribution in [3.63, 3.8) is 0 Å². The van der Waals surface area contributed by atoms with Crippen LogP contribution in [0.2, 0.25) is 0 Å². The van der Waals surface area contributed by atoms with Crippen molar-refractivity contribution >= 4 is 6.21 Å². The van der Waals surface area contributed by atoms with E-state index in [-0.39, 0.29) is 50.7 Å². The second-order valence-electron chi connectivity index (χ2n) is 15.1. The molecule has 3 N–H and O–H groups in total. The zero-order valence-electron chi connectivity index (χ0n) is 34.6. The average Bonchev–Trinajstić information content (AvgIpc) is 2.90. The third-order valence-corrected chi connectivity index (χ3v) is 8.96. The van der Waals surface area contributed by atoms with Gasteiger partial charge in [0.05, 0.1) is 12.1 Å². The minimum absolute atomic E-state index is 0.0136. The molecule has 0 aliphatic carbocycles. The van der Waals surface area contributed by atoms with E-state index in [9.17, 15) is 5.11 Å². The van der Waals surface area contributed by atoms with Gasteiger partial charge in [-0.3, -0.25) is 4.99 Å². The predicted octanol–water partition coefficient (Wildman–Crippen LogP) is 13.0. The first-order valence-electron chi connectivity index (χ1n) is 17.9. The van der Waals surface area contributed by atoms with Crippen molar-refractivity contribution in [2.24, 2.45) is 43.2 Å². The summed E-state index contributed by atoms with van der Waals surface area (Å²) in [6, 6.07) is 0.284. The number of rotatable bonds is 11. The maximum Gasteiger partial charge on any atom is 0.0601 e. The highest BCUT2D eigenvalue weighted by Crippen LogP contribution is 2.52. The van der Waals surface area contributed by atoms with Crippen molar-refractivity contribution < 1.29 is 5.11 Å². The summed E-state index contributed by atoms with van der Waals surface area (Å²) in [6.45, 7) is 54.0. The molecule has 42 heavy (non-hydrogen) atoms. The van der Waals surface area contributed by atoms with Gasteiger partial charge in [0.1, 0.15) is 0 Å². The third kappa shape index (κ3) is 19.8. The normalized spacial score (nSPS) is 14.5. The zero-order chi connectivity index (χ0) is 36.0. The molecular formula is C39H90N2O. The Kier molecular flexibility index (Phi) is 32.0. The van der Waals surface area contributed by atoms with E-state index in [1.54, 1.807) is 0 Å². The second-order valence-corrected chi connectivity index (χ2v) is 15.1. The van der Waals surface area contributed by atoms with Gasteiger partial charge < -0.3 is 10.8 Å². The van der Waals surface area contributed by atoms with E-state index in [1.165, 1.54) is 0 Å². The molecule has 0 heterocycles. The highest BCUT2D eigenvalue weighted by Gasteiger charge is 2.49. The monoisotopic (exact) mass is 603 g/mol. The Morgan fingerprint density at radius 1 is 0.571 bits per heavy atom. The zero-order valence-corrected chi connectivity index (χ0v) is 34.6. The van der Waals surface area contributed by atoms with Crippen LogP contribution in [0.1, 0.15) is 199 Å². The fourth-order valence-corrected chi connectivity index (χ4v) is 4.42. The van der Waals surface area contributed by atoms with Crippen LogP contribution in [-0.2, 0) is 0 Å². The summed E-state index contributed by atoms with van der Waals surface area (Å²) in [6.07, 6.45) is 5.34. The quantitative estimate of drug-likeness (QED) is 0.231. The summed E-state index contributed by atoms with van der Waals surface area (Å²) in [4.78, 5) is 4.94. The van der Waals surface area contributed by atoms with Gasteiger partial charge in [0.2, 0.25) is 0 Å². The maximum atomic E-state index is 11.2. The fraction of sp³-hybridized carbons (Fsp3) is 0.974. The maximum absolute atomic E-state index is 11.2. The minimum atomic E-state index is -0.366. The summed E-state index contributed by atoms with van der Waals surface area (Å²) in [5.41, 5.74) is 6.81. The molecule has 3 unspecified atom stereocenters. The van der Waals surface area contributed by atoms with E-state index in [2.05, 4.69) is 110 Å². The molecule has 3 heteroatoms. The molecule has 0 saturated carbocycles. The molecule has 0 aromatic rings. The van der Waals surface area contributed by atoms with Gasteiger partial charge in [0, 0.05) is 6.04 Å². The van der Waals surface area contributed by atoms with E-state index < -0.39 is 0 Å². The number of nitrogens with two attached hydrogens (primary N) is 1. The lowest BCUT2D eigenvalue weighted by Crippen LogP contribution is -2.53. The fourth-order valence-electron chi connectivity index (χ4n) is 4.42. The molecule has 0 spiro atoms. The number of aliphatic imine (C=N–C) groups is 1. The molecule has 0 rings (SSSR count). The van der Waals surface area contributed by atoms with Crippen LogP contribution in [0.15, 0.2) is 4.99 Å². The number of hydrogen-bond donors (Lipinski definition) is 2. The molecule has 0 aromatic heterocycles. The number of hydrogen-bond acceptors (Lipinski definition) is 3. The van der Waals surface area contributed by atoms with Crippen LogP contribution in [0.3, 0.4) is 0 Å². The van der Waals surface area contributed by atoms with Gasteiger partial charge >= 0.3 is 0 Å².